The van der Waals surface area contributed by atoms with Crippen LogP contribution in [0.25, 0.3) is 44.8 Å². The summed E-state index contributed by atoms with van der Waals surface area (Å²) in [5.41, 5.74) is 1.51. The third-order valence-electron chi connectivity index (χ3n) is 6.29. The molecule has 4 N–H and O–H groups in total. The van der Waals surface area contributed by atoms with Gasteiger partial charge in [0.2, 0.25) is 11.6 Å². The number of carboxylic acid groups (broad SMARTS) is 2. The maximum absolute atomic E-state index is 13.3. The molecular formula is C28H16F2N6O8. The maximum atomic E-state index is 13.3. The van der Waals surface area contributed by atoms with Crippen LogP contribution in [0.3, 0.4) is 0 Å². The molecule has 0 saturated heterocycles. The van der Waals surface area contributed by atoms with Gasteiger partial charge in [0.15, 0.2) is 0 Å². The summed E-state index contributed by atoms with van der Waals surface area (Å²) >= 11 is 0. The number of nitro groups is 2. The van der Waals surface area contributed by atoms with E-state index in [1.165, 1.54) is 48.5 Å². The van der Waals surface area contributed by atoms with E-state index in [2.05, 4.69) is 19.9 Å². The van der Waals surface area contributed by atoms with E-state index in [1.807, 2.05) is 0 Å². The van der Waals surface area contributed by atoms with Gasteiger partial charge in [-0.25, -0.2) is 19.6 Å². The van der Waals surface area contributed by atoms with Gasteiger partial charge in [-0.1, -0.05) is 0 Å². The minimum atomic E-state index is -1.07. The molecule has 0 unspecified atom stereocenters. The van der Waals surface area contributed by atoms with Crippen molar-refractivity contribution < 1.29 is 38.4 Å². The molecule has 44 heavy (non-hydrogen) atoms. The summed E-state index contributed by atoms with van der Waals surface area (Å²) < 4.78 is 26.7. The number of aromatic carboxylic acids is 2. The number of halogens is 2. The molecule has 2 heterocycles. The van der Waals surface area contributed by atoms with Gasteiger partial charge in [-0.2, -0.15) is 8.78 Å². The third-order valence-corrected chi connectivity index (χ3v) is 6.29. The van der Waals surface area contributed by atoms with Crippen LogP contribution in [0, 0.1) is 31.9 Å². The molecule has 0 amide bonds. The second-order valence-electron chi connectivity index (χ2n) is 9.09. The number of hydrogen-bond acceptors (Lipinski definition) is 8. The Labute approximate surface area is 242 Å². The second kappa shape index (κ2) is 11.4. The van der Waals surface area contributed by atoms with Crippen molar-refractivity contribution in [1.82, 2.24) is 19.9 Å². The summed E-state index contributed by atoms with van der Waals surface area (Å²) in [5, 5.41) is 39.4. The smallest absolute Gasteiger partial charge is 0.335 e. The standard InChI is InChI=1S/2C14H8FN3O4/c2*15-9-3-1-7(6-12(9)18(21)22)13-16-10-4-2-8(14(19)20)5-11(10)17-13/h2*1-6H,(H,16,17)(H,19,20). The number of imidazole rings is 2. The van der Waals surface area contributed by atoms with Gasteiger partial charge >= 0.3 is 23.3 Å². The van der Waals surface area contributed by atoms with Gasteiger partial charge in [0.1, 0.15) is 11.6 Å². The molecule has 0 aliphatic carbocycles. The van der Waals surface area contributed by atoms with Crippen LogP contribution >= 0.6 is 0 Å². The number of hydrogen-bond donors (Lipinski definition) is 4. The number of rotatable bonds is 6. The monoisotopic (exact) mass is 602 g/mol. The molecule has 6 rings (SSSR count). The fraction of sp³-hybridized carbons (Fsp3) is 0. The van der Waals surface area contributed by atoms with E-state index in [0.29, 0.717) is 44.8 Å². The summed E-state index contributed by atoms with van der Waals surface area (Å²) in [6.45, 7) is 0. The molecule has 0 aliphatic heterocycles. The van der Waals surface area contributed by atoms with Crippen LogP contribution in [-0.2, 0) is 0 Å². The fourth-order valence-electron chi connectivity index (χ4n) is 4.16. The first-order valence-electron chi connectivity index (χ1n) is 12.3. The molecular weight excluding hydrogens is 586 g/mol. The summed E-state index contributed by atoms with van der Waals surface area (Å²) in [4.78, 5) is 55.9. The maximum Gasteiger partial charge on any atom is 0.335 e. The van der Waals surface area contributed by atoms with E-state index in [-0.39, 0.29) is 11.1 Å². The zero-order valence-electron chi connectivity index (χ0n) is 21.8. The Morgan fingerprint density at radius 3 is 1.36 bits per heavy atom. The number of fused-ring (bicyclic) bond motifs is 2. The van der Waals surface area contributed by atoms with Crippen LogP contribution in [0.15, 0.2) is 72.8 Å². The van der Waals surface area contributed by atoms with Crippen LogP contribution in [0.5, 0.6) is 0 Å². The first-order chi connectivity index (χ1) is 20.9. The normalized spacial score (nSPS) is 10.8. The topological polar surface area (TPSA) is 218 Å². The van der Waals surface area contributed by atoms with Crippen LogP contribution in [0.1, 0.15) is 20.7 Å². The van der Waals surface area contributed by atoms with Crippen molar-refractivity contribution in [3.63, 3.8) is 0 Å². The highest BCUT2D eigenvalue weighted by atomic mass is 19.1. The lowest BCUT2D eigenvalue weighted by Gasteiger charge is -1.98. The van der Waals surface area contributed by atoms with Gasteiger partial charge in [0.25, 0.3) is 0 Å². The lowest BCUT2D eigenvalue weighted by molar-refractivity contribution is -0.387. The Kier molecular flexibility index (Phi) is 7.47. The van der Waals surface area contributed by atoms with Gasteiger partial charge in [0.05, 0.1) is 43.0 Å². The van der Waals surface area contributed by atoms with Crippen molar-refractivity contribution in [2.75, 3.05) is 0 Å². The highest BCUT2D eigenvalue weighted by molar-refractivity contribution is 5.94. The predicted molar refractivity (Wildman–Crippen MR) is 150 cm³/mol. The number of aromatic nitrogens is 4. The molecule has 2 aromatic heterocycles. The Morgan fingerprint density at radius 1 is 0.636 bits per heavy atom. The molecule has 16 heteroatoms. The van der Waals surface area contributed by atoms with E-state index in [1.54, 1.807) is 0 Å². The molecule has 0 saturated carbocycles. The third kappa shape index (κ3) is 5.75. The minimum Gasteiger partial charge on any atom is -0.478 e. The summed E-state index contributed by atoms with van der Waals surface area (Å²) in [7, 11) is 0. The average molecular weight is 602 g/mol. The number of nitro benzene ring substituents is 2. The first-order valence-corrected chi connectivity index (χ1v) is 12.3. The highest BCUT2D eigenvalue weighted by Crippen LogP contribution is 2.28. The summed E-state index contributed by atoms with van der Waals surface area (Å²) in [5.74, 6) is -3.43. The van der Waals surface area contributed by atoms with Gasteiger partial charge in [0, 0.05) is 23.3 Å². The molecule has 220 valence electrons. The van der Waals surface area contributed by atoms with Crippen LogP contribution in [0.2, 0.25) is 0 Å². The van der Waals surface area contributed by atoms with E-state index in [9.17, 15) is 38.6 Å². The zero-order valence-corrected chi connectivity index (χ0v) is 21.8. The number of benzene rings is 4. The van der Waals surface area contributed by atoms with Crippen molar-refractivity contribution in [2.45, 2.75) is 0 Å². The SMILES string of the molecule is O=C(O)c1ccc2nc(-c3ccc(F)c([N+](=O)[O-])c3)[nH]c2c1.O=C(O)c1ccc2nc(-c3ccc(F)c([N+](=O)[O-])c3)[nH]c2c1. The number of carbonyl (C=O) groups is 2. The number of carboxylic acids is 2. The Hall–Kier alpha value is -6.58. The summed E-state index contributed by atoms with van der Waals surface area (Å²) in [6.07, 6.45) is 0. The van der Waals surface area contributed by atoms with Crippen molar-refractivity contribution in [1.29, 1.82) is 0 Å². The molecule has 14 nitrogen and oxygen atoms in total. The predicted octanol–water partition coefficient (Wildman–Crippen LogP) is 5.95. The van der Waals surface area contributed by atoms with Crippen molar-refractivity contribution in [2.24, 2.45) is 0 Å². The Bertz CT molecular complexity index is 1990. The highest BCUT2D eigenvalue weighted by Gasteiger charge is 2.18. The Balaban J connectivity index is 0.000000175. The zero-order chi connectivity index (χ0) is 31.7. The van der Waals surface area contributed by atoms with Crippen molar-refractivity contribution in [3.05, 3.63) is 116 Å². The molecule has 0 spiro atoms. The molecule has 0 fully saturated rings. The van der Waals surface area contributed by atoms with Crippen molar-refractivity contribution >= 4 is 45.4 Å². The number of nitrogens with zero attached hydrogens (tertiary/aromatic N) is 4. The van der Waals surface area contributed by atoms with Gasteiger partial charge < -0.3 is 20.2 Å². The van der Waals surface area contributed by atoms with Gasteiger partial charge in [-0.05, 0) is 60.7 Å². The molecule has 0 aliphatic rings. The van der Waals surface area contributed by atoms with Gasteiger partial charge in [-0.3, -0.25) is 20.2 Å². The van der Waals surface area contributed by atoms with E-state index in [0.717, 1.165) is 24.3 Å². The molecule has 0 atom stereocenters. The minimum absolute atomic E-state index is 0.0905. The summed E-state index contributed by atoms with van der Waals surface area (Å²) in [6, 6.07) is 15.5. The molecule has 0 bridgehead atoms. The van der Waals surface area contributed by atoms with Crippen LogP contribution in [-0.4, -0.2) is 51.9 Å². The van der Waals surface area contributed by atoms with Crippen LogP contribution < -0.4 is 0 Å². The number of H-pyrrole nitrogens is 2. The molecule has 0 radical (unpaired) electrons. The lowest BCUT2D eigenvalue weighted by atomic mass is 10.2. The van der Waals surface area contributed by atoms with Gasteiger partial charge in [-0.15, -0.1) is 0 Å². The molecule has 6 aromatic rings. The number of aromatic amines is 2. The van der Waals surface area contributed by atoms with Crippen molar-refractivity contribution in [3.8, 4) is 22.8 Å². The number of nitrogens with one attached hydrogen (secondary N) is 2. The fourth-order valence-corrected chi connectivity index (χ4v) is 4.16. The van der Waals surface area contributed by atoms with E-state index in [4.69, 9.17) is 10.2 Å². The lowest BCUT2D eigenvalue weighted by Crippen LogP contribution is -1.94. The molecule has 4 aromatic carbocycles. The van der Waals surface area contributed by atoms with Crippen LogP contribution in [0.4, 0.5) is 20.2 Å². The second-order valence-corrected chi connectivity index (χ2v) is 9.09. The first kappa shape index (κ1) is 28.9. The van der Waals surface area contributed by atoms with E-state index >= 15 is 0 Å². The Morgan fingerprint density at radius 2 is 1.02 bits per heavy atom. The largest absolute Gasteiger partial charge is 0.478 e. The average Bonchev–Trinajstić information content (AvgIpc) is 3.61. The quantitative estimate of drug-likeness (QED) is 0.130. The van der Waals surface area contributed by atoms with E-state index < -0.39 is 44.8 Å².